The molecule has 1 aromatic heterocycles. The zero-order valence-electron chi connectivity index (χ0n) is 11.6. The van der Waals surface area contributed by atoms with Crippen molar-refractivity contribution in [3.8, 4) is 5.75 Å². The highest BCUT2D eigenvalue weighted by Gasteiger charge is 2.06. The van der Waals surface area contributed by atoms with Gasteiger partial charge in [-0.3, -0.25) is 4.98 Å². The van der Waals surface area contributed by atoms with Crippen LogP contribution in [0.3, 0.4) is 0 Å². The Hall–Kier alpha value is -2.62. The van der Waals surface area contributed by atoms with Gasteiger partial charge in [0.25, 0.3) is 0 Å². The van der Waals surface area contributed by atoms with Gasteiger partial charge in [-0.1, -0.05) is 6.07 Å². The van der Waals surface area contributed by atoms with Crippen LogP contribution in [0.2, 0.25) is 0 Å². The zero-order chi connectivity index (χ0) is 14.8. The molecule has 0 bridgehead atoms. The van der Waals surface area contributed by atoms with Crippen molar-refractivity contribution in [2.45, 2.75) is 13.5 Å². The molecule has 106 valence electrons. The van der Waals surface area contributed by atoms with Crippen LogP contribution in [0.4, 0.5) is 10.1 Å². The van der Waals surface area contributed by atoms with Crippen molar-refractivity contribution in [2.75, 3.05) is 5.32 Å². The monoisotopic (exact) mass is 282 g/mol. The molecule has 0 saturated carbocycles. The molecule has 0 radical (unpaired) electrons. The van der Waals surface area contributed by atoms with E-state index in [1.807, 2.05) is 31.2 Å². The largest absolute Gasteiger partial charge is 0.508 e. The van der Waals surface area contributed by atoms with Gasteiger partial charge in [-0.2, -0.15) is 0 Å². The number of benzene rings is 2. The third-order valence-corrected chi connectivity index (χ3v) is 3.48. The van der Waals surface area contributed by atoms with Crippen LogP contribution in [0.15, 0.2) is 48.7 Å². The van der Waals surface area contributed by atoms with E-state index in [1.165, 1.54) is 18.2 Å². The first-order valence-electron chi connectivity index (χ1n) is 6.71. The Morgan fingerprint density at radius 3 is 2.90 bits per heavy atom. The number of aromatic hydroxyl groups is 1. The first-order valence-corrected chi connectivity index (χ1v) is 6.71. The quantitative estimate of drug-likeness (QED) is 0.763. The third kappa shape index (κ3) is 2.65. The Kier molecular flexibility index (Phi) is 3.44. The number of hydrogen-bond acceptors (Lipinski definition) is 3. The minimum atomic E-state index is -0.361. The Labute approximate surface area is 122 Å². The summed E-state index contributed by atoms with van der Waals surface area (Å²) in [5.74, 6) is -0.279. The molecular formula is C17H15FN2O. The maximum Gasteiger partial charge on any atom is 0.123 e. The smallest absolute Gasteiger partial charge is 0.123 e. The Morgan fingerprint density at radius 1 is 1.19 bits per heavy atom. The summed E-state index contributed by atoms with van der Waals surface area (Å²) in [6.45, 7) is 2.36. The fourth-order valence-corrected chi connectivity index (χ4v) is 2.35. The molecular weight excluding hydrogens is 267 g/mol. The second-order valence-electron chi connectivity index (χ2n) is 4.96. The van der Waals surface area contributed by atoms with Gasteiger partial charge in [0, 0.05) is 29.4 Å². The molecule has 2 N–H and O–H groups in total. The molecule has 2 aromatic carbocycles. The van der Waals surface area contributed by atoms with Gasteiger partial charge in [0.1, 0.15) is 11.6 Å². The summed E-state index contributed by atoms with van der Waals surface area (Å²) in [6, 6.07) is 11.8. The number of nitrogens with zero attached hydrogens (tertiary/aromatic N) is 1. The molecule has 0 saturated heterocycles. The van der Waals surface area contributed by atoms with Crippen LogP contribution >= 0.6 is 0 Å². The van der Waals surface area contributed by atoms with Crippen LogP contribution in [0.1, 0.15) is 11.1 Å². The van der Waals surface area contributed by atoms with Crippen LogP contribution in [0.5, 0.6) is 5.75 Å². The number of anilines is 1. The minimum Gasteiger partial charge on any atom is -0.508 e. The summed E-state index contributed by atoms with van der Waals surface area (Å²) in [4.78, 5) is 4.38. The van der Waals surface area contributed by atoms with Crippen molar-refractivity contribution in [2.24, 2.45) is 0 Å². The van der Waals surface area contributed by atoms with Gasteiger partial charge in [-0.05, 0) is 48.9 Å². The van der Waals surface area contributed by atoms with E-state index >= 15 is 0 Å². The van der Waals surface area contributed by atoms with Gasteiger partial charge >= 0.3 is 0 Å². The predicted octanol–water partition coefficient (Wildman–Crippen LogP) is 4.00. The maximum atomic E-state index is 13.2. The highest BCUT2D eigenvalue weighted by Crippen LogP contribution is 2.26. The summed E-state index contributed by atoms with van der Waals surface area (Å²) < 4.78 is 13.2. The lowest BCUT2D eigenvalue weighted by Gasteiger charge is -2.12. The molecule has 0 spiro atoms. The fourth-order valence-electron chi connectivity index (χ4n) is 2.35. The van der Waals surface area contributed by atoms with Crippen LogP contribution in [-0.2, 0) is 6.54 Å². The zero-order valence-corrected chi connectivity index (χ0v) is 11.6. The molecule has 3 rings (SSSR count). The van der Waals surface area contributed by atoms with Crippen molar-refractivity contribution in [1.82, 2.24) is 4.98 Å². The number of phenols is 1. The topological polar surface area (TPSA) is 45.1 Å². The molecule has 0 aliphatic heterocycles. The lowest BCUT2D eigenvalue weighted by molar-refractivity contribution is 0.466. The number of aromatic nitrogens is 1. The molecule has 0 amide bonds. The number of rotatable bonds is 3. The first-order chi connectivity index (χ1) is 10.1. The number of pyridine rings is 1. The number of halogens is 1. The number of hydrogen-bond donors (Lipinski definition) is 2. The first kappa shape index (κ1) is 13.4. The molecule has 0 aliphatic rings. The SMILES string of the molecule is Cc1ccc(NCc2cc(F)ccc2O)c2cccnc12. The van der Waals surface area contributed by atoms with Crippen LogP contribution in [0.25, 0.3) is 10.9 Å². The summed E-state index contributed by atoms with van der Waals surface area (Å²) in [5, 5.41) is 14.0. The number of aryl methyl sites for hydroxylation is 1. The van der Waals surface area contributed by atoms with Crippen LogP contribution in [0, 0.1) is 12.7 Å². The van der Waals surface area contributed by atoms with Crippen molar-refractivity contribution < 1.29 is 9.50 Å². The number of fused-ring (bicyclic) bond motifs is 1. The highest BCUT2D eigenvalue weighted by atomic mass is 19.1. The summed E-state index contributed by atoms with van der Waals surface area (Å²) in [6.07, 6.45) is 1.76. The normalized spacial score (nSPS) is 10.8. The van der Waals surface area contributed by atoms with E-state index in [2.05, 4.69) is 10.3 Å². The van der Waals surface area contributed by atoms with E-state index in [0.29, 0.717) is 12.1 Å². The second-order valence-corrected chi connectivity index (χ2v) is 4.96. The maximum absolute atomic E-state index is 13.2. The van der Waals surface area contributed by atoms with Crippen LogP contribution in [-0.4, -0.2) is 10.1 Å². The Balaban J connectivity index is 1.92. The van der Waals surface area contributed by atoms with E-state index in [-0.39, 0.29) is 11.6 Å². The van der Waals surface area contributed by atoms with Crippen molar-refractivity contribution in [1.29, 1.82) is 0 Å². The minimum absolute atomic E-state index is 0.0819. The summed E-state index contributed by atoms with van der Waals surface area (Å²) in [7, 11) is 0. The number of nitrogens with one attached hydrogen (secondary N) is 1. The van der Waals surface area contributed by atoms with Gasteiger partial charge in [0.15, 0.2) is 0 Å². The molecule has 0 unspecified atom stereocenters. The third-order valence-electron chi connectivity index (χ3n) is 3.48. The second kappa shape index (κ2) is 5.40. The van der Waals surface area contributed by atoms with Crippen molar-refractivity contribution in [3.05, 3.63) is 65.6 Å². The van der Waals surface area contributed by atoms with Gasteiger partial charge in [0.05, 0.1) is 5.52 Å². The number of phenolic OH excluding ortho intramolecular Hbond substituents is 1. The van der Waals surface area contributed by atoms with Crippen molar-refractivity contribution in [3.63, 3.8) is 0 Å². The molecule has 4 heteroatoms. The van der Waals surface area contributed by atoms with Gasteiger partial charge in [-0.25, -0.2) is 4.39 Å². The highest BCUT2D eigenvalue weighted by molar-refractivity contribution is 5.93. The molecule has 1 heterocycles. The molecule has 0 atom stereocenters. The predicted molar refractivity (Wildman–Crippen MR) is 81.9 cm³/mol. The van der Waals surface area contributed by atoms with Crippen LogP contribution < -0.4 is 5.32 Å². The van der Waals surface area contributed by atoms with Crippen molar-refractivity contribution >= 4 is 16.6 Å². The molecule has 0 aliphatic carbocycles. The summed E-state index contributed by atoms with van der Waals surface area (Å²) in [5.41, 5.74) is 3.47. The van der Waals surface area contributed by atoms with Gasteiger partial charge in [0.2, 0.25) is 0 Å². The molecule has 3 nitrogen and oxygen atoms in total. The van der Waals surface area contributed by atoms with Gasteiger partial charge < -0.3 is 10.4 Å². The average Bonchev–Trinajstić information content (AvgIpc) is 2.50. The van der Waals surface area contributed by atoms with E-state index in [0.717, 1.165) is 22.2 Å². The van der Waals surface area contributed by atoms with E-state index < -0.39 is 0 Å². The Bertz CT molecular complexity index is 802. The molecule has 21 heavy (non-hydrogen) atoms. The molecule has 0 fully saturated rings. The lowest BCUT2D eigenvalue weighted by atomic mass is 10.1. The van der Waals surface area contributed by atoms with Gasteiger partial charge in [-0.15, -0.1) is 0 Å². The average molecular weight is 282 g/mol. The fraction of sp³-hybridized carbons (Fsp3) is 0.118. The standard InChI is InChI=1S/C17H15FN2O/c1-11-4-6-15(14-3-2-8-19-17(11)14)20-10-12-9-13(18)5-7-16(12)21/h2-9,20-21H,10H2,1H3. The Morgan fingerprint density at radius 2 is 2.05 bits per heavy atom. The molecule has 3 aromatic rings. The van der Waals surface area contributed by atoms with E-state index in [9.17, 15) is 9.50 Å². The summed E-state index contributed by atoms with van der Waals surface area (Å²) >= 11 is 0. The van der Waals surface area contributed by atoms with E-state index in [1.54, 1.807) is 6.20 Å². The lowest BCUT2D eigenvalue weighted by Crippen LogP contribution is -2.01. The van der Waals surface area contributed by atoms with E-state index in [4.69, 9.17) is 0 Å².